The van der Waals surface area contributed by atoms with Crippen molar-refractivity contribution in [3.8, 4) is 0 Å². The number of nitrogens with zero attached hydrogens (tertiary/aromatic N) is 3. The number of pyridine rings is 1. The molecule has 4 rings (SSSR count). The summed E-state index contributed by atoms with van der Waals surface area (Å²) in [5.41, 5.74) is 2.97. The number of anilines is 3. The molecule has 1 aromatic carbocycles. The number of amides is 1. The first-order valence-corrected chi connectivity index (χ1v) is 9.71. The van der Waals surface area contributed by atoms with Crippen LogP contribution in [0.3, 0.4) is 0 Å². The molecule has 1 aromatic heterocycles. The lowest BCUT2D eigenvalue weighted by molar-refractivity contribution is -0.116. The van der Waals surface area contributed by atoms with Crippen LogP contribution in [0.1, 0.15) is 25.7 Å². The summed E-state index contributed by atoms with van der Waals surface area (Å²) >= 11 is 0. The number of nitrogens with one attached hydrogen (secondary N) is 5. The van der Waals surface area contributed by atoms with Crippen molar-refractivity contribution in [3.05, 3.63) is 60.2 Å². The van der Waals surface area contributed by atoms with Crippen molar-refractivity contribution in [1.82, 2.24) is 10.3 Å². The average Bonchev–Trinajstić information content (AvgIpc) is 2.74. The molecular weight excluding hydrogens is 380 g/mol. The molecule has 0 radical (unpaired) electrons. The monoisotopic (exact) mass is 402 g/mol. The number of hydrogen-bond donors (Lipinski definition) is 5. The van der Waals surface area contributed by atoms with Crippen LogP contribution in [0.25, 0.3) is 0 Å². The maximum atomic E-state index is 12.2. The number of fused-ring (bicyclic) bond motifs is 3. The lowest BCUT2D eigenvalue weighted by Crippen LogP contribution is -2.36. The molecule has 0 unspecified atom stereocenters. The molecule has 3 heterocycles. The van der Waals surface area contributed by atoms with E-state index in [1.807, 2.05) is 36.4 Å². The van der Waals surface area contributed by atoms with Gasteiger partial charge in [0.15, 0.2) is 0 Å². The van der Waals surface area contributed by atoms with Crippen LogP contribution >= 0.6 is 0 Å². The fourth-order valence-electron chi connectivity index (χ4n) is 3.13. The van der Waals surface area contributed by atoms with Gasteiger partial charge in [0.05, 0.1) is 11.9 Å². The van der Waals surface area contributed by atoms with Gasteiger partial charge in [-0.2, -0.15) is 9.98 Å². The predicted octanol–water partition coefficient (Wildman–Crippen LogP) is 3.29. The lowest BCUT2D eigenvalue weighted by atomic mass is 10.1. The number of guanidine groups is 2. The van der Waals surface area contributed by atoms with Crippen molar-refractivity contribution < 1.29 is 4.79 Å². The van der Waals surface area contributed by atoms with Crippen LogP contribution in [-0.4, -0.2) is 29.0 Å². The highest BCUT2D eigenvalue weighted by Gasteiger charge is 2.17. The van der Waals surface area contributed by atoms with Gasteiger partial charge in [-0.3, -0.25) is 9.78 Å². The van der Waals surface area contributed by atoms with Gasteiger partial charge in [0, 0.05) is 35.8 Å². The van der Waals surface area contributed by atoms with Crippen LogP contribution in [0.2, 0.25) is 0 Å². The Morgan fingerprint density at radius 2 is 1.83 bits per heavy atom. The van der Waals surface area contributed by atoms with Crippen LogP contribution in [-0.2, 0) is 4.79 Å². The Hall–Kier alpha value is -4.01. The number of hydrogen-bond acceptors (Lipinski definition) is 8. The molecule has 0 aliphatic carbocycles. The zero-order valence-electron chi connectivity index (χ0n) is 16.3. The normalized spacial score (nSPS) is 19.1. The third-order valence-corrected chi connectivity index (χ3v) is 4.58. The van der Waals surface area contributed by atoms with E-state index < -0.39 is 0 Å². The van der Waals surface area contributed by atoms with Gasteiger partial charge < -0.3 is 26.7 Å². The number of carbonyl (C=O) groups excluding carboxylic acids is 1. The molecule has 30 heavy (non-hydrogen) atoms. The summed E-state index contributed by atoms with van der Waals surface area (Å²) in [6.45, 7) is 0. The fourth-order valence-corrected chi connectivity index (χ4v) is 3.13. The molecule has 9 heteroatoms. The van der Waals surface area contributed by atoms with Gasteiger partial charge in [-0.1, -0.05) is 6.07 Å². The number of aliphatic imine (C=N–C) groups is 2. The first-order chi connectivity index (χ1) is 14.7. The van der Waals surface area contributed by atoms with E-state index in [4.69, 9.17) is 5.41 Å². The SMILES string of the molecule is N=C/C1=C2/N=C(N=C(Nc3cccnc3)N2)Nc2cccc(c2)NC(=O)CCCC1. The maximum absolute atomic E-state index is 12.2. The van der Waals surface area contributed by atoms with E-state index in [0.29, 0.717) is 36.3 Å². The molecule has 1 amide bonds. The molecule has 0 fully saturated rings. The zero-order valence-corrected chi connectivity index (χ0v) is 16.3. The number of benzene rings is 1. The van der Waals surface area contributed by atoms with Crippen molar-refractivity contribution in [1.29, 1.82) is 5.41 Å². The second kappa shape index (κ2) is 8.99. The van der Waals surface area contributed by atoms with E-state index in [-0.39, 0.29) is 5.91 Å². The van der Waals surface area contributed by atoms with E-state index in [2.05, 4.69) is 36.2 Å². The smallest absolute Gasteiger partial charge is 0.232 e. The van der Waals surface area contributed by atoms with Gasteiger partial charge >= 0.3 is 0 Å². The molecule has 2 aromatic rings. The standard InChI is InChI=1S/C21H22N8O/c22-12-14-5-1-2-9-18(30)24-15-6-3-7-16(11-15)25-20-27-19(14)28-21(29-20)26-17-8-4-10-23-13-17/h3-4,6-8,10-13,22H,1-2,5,9H2,(H,24,30)(H3,25,26,27,28,29)/b19-14-,22-12?. The first kappa shape index (κ1) is 19.3. The summed E-state index contributed by atoms with van der Waals surface area (Å²) < 4.78 is 0. The topological polar surface area (TPSA) is 127 Å². The van der Waals surface area contributed by atoms with Crippen LogP contribution in [0.4, 0.5) is 17.1 Å². The Bertz CT molecular complexity index is 1040. The third-order valence-electron chi connectivity index (χ3n) is 4.58. The second-order valence-corrected chi connectivity index (χ2v) is 6.87. The molecule has 4 bridgehead atoms. The molecule has 0 spiro atoms. The van der Waals surface area contributed by atoms with Crippen molar-refractivity contribution in [2.24, 2.45) is 9.98 Å². The van der Waals surface area contributed by atoms with Gasteiger partial charge in [-0.05, 0) is 49.6 Å². The Labute approximate surface area is 173 Å². The molecule has 0 atom stereocenters. The van der Waals surface area contributed by atoms with Gasteiger partial charge in [0.1, 0.15) is 5.82 Å². The number of rotatable bonds is 2. The van der Waals surface area contributed by atoms with Gasteiger partial charge in [-0.15, -0.1) is 0 Å². The van der Waals surface area contributed by atoms with Crippen molar-refractivity contribution in [3.63, 3.8) is 0 Å². The van der Waals surface area contributed by atoms with Crippen molar-refractivity contribution in [2.45, 2.75) is 25.7 Å². The number of aromatic nitrogens is 1. The maximum Gasteiger partial charge on any atom is 0.232 e. The summed E-state index contributed by atoms with van der Waals surface area (Å²) in [5, 5.41) is 20.3. The highest BCUT2D eigenvalue weighted by molar-refractivity contribution is 6.09. The largest absolute Gasteiger partial charge is 0.326 e. The quantitative estimate of drug-likeness (QED) is 0.493. The van der Waals surface area contributed by atoms with E-state index in [0.717, 1.165) is 29.8 Å². The van der Waals surface area contributed by atoms with E-state index in [1.165, 1.54) is 6.21 Å². The highest BCUT2D eigenvalue weighted by Crippen LogP contribution is 2.20. The van der Waals surface area contributed by atoms with Crippen LogP contribution < -0.4 is 21.3 Å². The minimum Gasteiger partial charge on any atom is -0.326 e. The van der Waals surface area contributed by atoms with Gasteiger partial charge in [-0.25, -0.2) is 0 Å². The Morgan fingerprint density at radius 3 is 2.63 bits per heavy atom. The predicted molar refractivity (Wildman–Crippen MR) is 119 cm³/mol. The summed E-state index contributed by atoms with van der Waals surface area (Å²) in [6.07, 6.45) is 7.23. The van der Waals surface area contributed by atoms with Crippen LogP contribution in [0.5, 0.6) is 0 Å². The second-order valence-electron chi connectivity index (χ2n) is 6.87. The molecule has 5 N–H and O–H groups in total. The fraction of sp³-hybridized carbons (Fsp3) is 0.190. The first-order valence-electron chi connectivity index (χ1n) is 9.71. The Balaban J connectivity index is 1.70. The van der Waals surface area contributed by atoms with Gasteiger partial charge in [0.25, 0.3) is 0 Å². The summed E-state index contributed by atoms with van der Waals surface area (Å²) in [5.74, 6) is 1.37. The molecule has 2 aliphatic rings. The molecule has 2 aliphatic heterocycles. The average molecular weight is 402 g/mol. The zero-order chi connectivity index (χ0) is 20.8. The number of carbonyl (C=O) groups is 1. The van der Waals surface area contributed by atoms with Crippen LogP contribution in [0, 0.1) is 5.41 Å². The van der Waals surface area contributed by atoms with E-state index in [9.17, 15) is 4.79 Å². The molecule has 0 saturated carbocycles. The molecule has 0 saturated heterocycles. The van der Waals surface area contributed by atoms with Gasteiger partial charge in [0.2, 0.25) is 17.8 Å². The molecule has 9 nitrogen and oxygen atoms in total. The van der Waals surface area contributed by atoms with Crippen molar-refractivity contribution >= 4 is 41.1 Å². The van der Waals surface area contributed by atoms with Crippen LogP contribution in [0.15, 0.2) is 70.2 Å². The van der Waals surface area contributed by atoms with E-state index in [1.54, 1.807) is 12.4 Å². The van der Waals surface area contributed by atoms with E-state index >= 15 is 0 Å². The third kappa shape index (κ3) is 4.88. The highest BCUT2D eigenvalue weighted by atomic mass is 16.1. The minimum absolute atomic E-state index is 0.0232. The summed E-state index contributed by atoms with van der Waals surface area (Å²) in [7, 11) is 0. The summed E-state index contributed by atoms with van der Waals surface area (Å²) in [6, 6.07) is 11.1. The summed E-state index contributed by atoms with van der Waals surface area (Å²) in [4.78, 5) is 25.4. The number of allylic oxidation sites excluding steroid dienone is 1. The molecule has 152 valence electrons. The molecular formula is C21H22N8O. The lowest BCUT2D eigenvalue weighted by Gasteiger charge is -2.20. The Morgan fingerprint density at radius 1 is 1.00 bits per heavy atom. The Kier molecular flexibility index (Phi) is 5.79. The minimum atomic E-state index is -0.0232. The van der Waals surface area contributed by atoms with Crippen molar-refractivity contribution in [2.75, 3.05) is 16.0 Å².